The molecule has 2 aromatic carbocycles. The Hall–Kier alpha value is -1.81. The molecule has 0 amide bonds. The molecule has 0 atom stereocenters. The predicted molar refractivity (Wildman–Crippen MR) is 85.2 cm³/mol. The predicted octanol–water partition coefficient (Wildman–Crippen LogP) is 4.25. The van der Waals surface area contributed by atoms with Gasteiger partial charge in [0, 0.05) is 21.8 Å². The lowest BCUT2D eigenvalue weighted by Gasteiger charge is -2.09. The van der Waals surface area contributed by atoms with Gasteiger partial charge in [0.05, 0.1) is 11.0 Å². The van der Waals surface area contributed by atoms with Gasteiger partial charge in [0.15, 0.2) is 0 Å². The topological polar surface area (TPSA) is 43.8 Å². The number of imidazole rings is 1. The number of nitrogen functional groups attached to an aromatic ring is 1. The first-order valence-corrected chi connectivity index (χ1v) is 7.55. The lowest BCUT2D eigenvalue weighted by Crippen LogP contribution is -1.99. The maximum atomic E-state index is 5.88. The monoisotopic (exact) mass is 327 g/mol. The van der Waals surface area contributed by atoms with Crippen molar-refractivity contribution in [2.75, 3.05) is 5.73 Å². The van der Waals surface area contributed by atoms with Gasteiger partial charge in [-0.2, -0.15) is 0 Å². The average molecular weight is 328 g/mol. The fourth-order valence-electron chi connectivity index (χ4n) is 2.59. The van der Waals surface area contributed by atoms with Gasteiger partial charge >= 0.3 is 0 Å². The molecule has 100 valence electrons. The molecule has 2 N–H and O–H groups in total. The zero-order chi connectivity index (χ0) is 13.7. The largest absolute Gasteiger partial charge is 0.399 e. The lowest BCUT2D eigenvalue weighted by molar-refractivity contribution is 0.896. The second kappa shape index (κ2) is 4.35. The van der Waals surface area contributed by atoms with Crippen LogP contribution < -0.4 is 5.73 Å². The molecule has 3 aromatic rings. The Bertz CT molecular complexity index is 785. The van der Waals surface area contributed by atoms with E-state index in [2.05, 4.69) is 50.8 Å². The second-order valence-electron chi connectivity index (χ2n) is 5.30. The van der Waals surface area contributed by atoms with Gasteiger partial charge in [-0.3, -0.25) is 4.57 Å². The smallest absolute Gasteiger partial charge is 0.117 e. The van der Waals surface area contributed by atoms with E-state index in [0.717, 1.165) is 32.7 Å². The summed E-state index contributed by atoms with van der Waals surface area (Å²) in [6.45, 7) is 0. The van der Waals surface area contributed by atoms with E-state index >= 15 is 0 Å². The molecule has 4 rings (SSSR count). The van der Waals surface area contributed by atoms with Crippen molar-refractivity contribution in [3.05, 3.63) is 52.8 Å². The number of halogens is 1. The van der Waals surface area contributed by atoms with E-state index in [0.29, 0.717) is 5.92 Å². The highest BCUT2D eigenvalue weighted by atomic mass is 79.9. The second-order valence-corrected chi connectivity index (χ2v) is 6.22. The van der Waals surface area contributed by atoms with Crippen LogP contribution in [0.4, 0.5) is 5.69 Å². The zero-order valence-electron chi connectivity index (χ0n) is 10.9. The number of nitrogens with two attached hydrogens (primary N) is 1. The highest BCUT2D eigenvalue weighted by Crippen LogP contribution is 2.42. The summed E-state index contributed by atoms with van der Waals surface area (Å²) in [4.78, 5) is 4.81. The van der Waals surface area contributed by atoms with Crippen molar-refractivity contribution in [1.29, 1.82) is 0 Å². The van der Waals surface area contributed by atoms with E-state index in [1.54, 1.807) is 0 Å². The number of hydrogen-bond acceptors (Lipinski definition) is 2. The molecule has 3 nitrogen and oxygen atoms in total. The number of fused-ring (bicyclic) bond motifs is 1. The minimum absolute atomic E-state index is 0.590. The molecular weight excluding hydrogens is 314 g/mol. The molecule has 1 aromatic heterocycles. The zero-order valence-corrected chi connectivity index (χ0v) is 12.5. The summed E-state index contributed by atoms with van der Waals surface area (Å²) in [7, 11) is 0. The molecule has 1 aliphatic carbocycles. The van der Waals surface area contributed by atoms with Gasteiger partial charge in [0.25, 0.3) is 0 Å². The number of nitrogens with zero attached hydrogens (tertiary/aromatic N) is 2. The fourth-order valence-corrected chi connectivity index (χ4v) is 2.86. The molecule has 0 radical (unpaired) electrons. The van der Waals surface area contributed by atoms with E-state index < -0.39 is 0 Å². The maximum Gasteiger partial charge on any atom is 0.117 e. The summed E-state index contributed by atoms with van der Waals surface area (Å²) in [5.74, 6) is 1.75. The van der Waals surface area contributed by atoms with Crippen molar-refractivity contribution in [2.45, 2.75) is 18.8 Å². The van der Waals surface area contributed by atoms with Crippen LogP contribution in [0.25, 0.3) is 16.7 Å². The highest BCUT2D eigenvalue weighted by molar-refractivity contribution is 9.10. The van der Waals surface area contributed by atoms with Crippen LogP contribution in [0.5, 0.6) is 0 Å². The summed E-state index contributed by atoms with van der Waals surface area (Å²) in [6, 6.07) is 14.3. The number of hydrogen-bond donors (Lipinski definition) is 1. The summed E-state index contributed by atoms with van der Waals surface area (Å²) in [6.07, 6.45) is 2.46. The molecule has 0 unspecified atom stereocenters. The Morgan fingerprint density at radius 1 is 1.10 bits per heavy atom. The normalized spacial score (nSPS) is 14.8. The van der Waals surface area contributed by atoms with Gasteiger partial charge in [-0.25, -0.2) is 4.98 Å². The molecule has 0 spiro atoms. The van der Waals surface area contributed by atoms with Gasteiger partial charge in [-0.05, 0) is 55.3 Å². The first kappa shape index (κ1) is 12.0. The molecule has 1 aliphatic rings. The van der Waals surface area contributed by atoms with Crippen LogP contribution in [-0.2, 0) is 0 Å². The number of anilines is 1. The quantitative estimate of drug-likeness (QED) is 0.715. The summed E-state index contributed by atoms with van der Waals surface area (Å²) < 4.78 is 3.35. The van der Waals surface area contributed by atoms with Crippen LogP contribution in [0, 0.1) is 0 Å². The minimum atomic E-state index is 0.590. The molecule has 20 heavy (non-hydrogen) atoms. The van der Waals surface area contributed by atoms with E-state index in [4.69, 9.17) is 10.7 Å². The van der Waals surface area contributed by atoms with Crippen molar-refractivity contribution in [3.63, 3.8) is 0 Å². The Morgan fingerprint density at radius 3 is 2.55 bits per heavy atom. The Labute approximate surface area is 125 Å². The Kier molecular flexibility index (Phi) is 2.60. The first-order valence-electron chi connectivity index (χ1n) is 6.76. The molecule has 1 saturated carbocycles. The lowest BCUT2D eigenvalue weighted by atomic mass is 10.2. The number of aromatic nitrogens is 2. The first-order chi connectivity index (χ1) is 9.72. The third-order valence-corrected chi connectivity index (χ3v) is 4.26. The summed E-state index contributed by atoms with van der Waals surface area (Å²) >= 11 is 3.49. The summed E-state index contributed by atoms with van der Waals surface area (Å²) in [5, 5.41) is 0. The van der Waals surface area contributed by atoms with Crippen molar-refractivity contribution in [3.8, 4) is 5.69 Å². The molecule has 0 bridgehead atoms. The van der Waals surface area contributed by atoms with Crippen LogP contribution in [0.2, 0.25) is 0 Å². The maximum absolute atomic E-state index is 5.88. The van der Waals surface area contributed by atoms with Gasteiger partial charge < -0.3 is 5.73 Å². The summed E-state index contributed by atoms with van der Waals surface area (Å²) in [5.41, 5.74) is 9.91. The van der Waals surface area contributed by atoms with Crippen molar-refractivity contribution in [2.24, 2.45) is 0 Å². The van der Waals surface area contributed by atoms with Crippen LogP contribution in [0.1, 0.15) is 24.6 Å². The van der Waals surface area contributed by atoms with E-state index in [9.17, 15) is 0 Å². The highest BCUT2D eigenvalue weighted by Gasteiger charge is 2.30. The van der Waals surface area contributed by atoms with Crippen LogP contribution in [0.15, 0.2) is 46.9 Å². The SMILES string of the molecule is Nc1ccc2c(c1)nc(C1CC1)n2-c1ccc(Br)cc1. The van der Waals surface area contributed by atoms with Gasteiger partial charge in [-0.1, -0.05) is 15.9 Å². The van der Waals surface area contributed by atoms with E-state index in [1.165, 1.54) is 12.8 Å². The molecular formula is C16H14BrN3. The molecule has 0 saturated heterocycles. The van der Waals surface area contributed by atoms with Crippen molar-refractivity contribution >= 4 is 32.7 Å². The van der Waals surface area contributed by atoms with E-state index in [1.807, 2.05) is 12.1 Å². The molecule has 0 aliphatic heterocycles. The third-order valence-electron chi connectivity index (χ3n) is 3.73. The molecule has 1 fully saturated rings. The minimum Gasteiger partial charge on any atom is -0.399 e. The number of benzene rings is 2. The van der Waals surface area contributed by atoms with Gasteiger partial charge in [0.1, 0.15) is 5.82 Å². The van der Waals surface area contributed by atoms with Crippen LogP contribution >= 0.6 is 15.9 Å². The van der Waals surface area contributed by atoms with Crippen LogP contribution in [0.3, 0.4) is 0 Å². The Balaban J connectivity index is 2.00. The van der Waals surface area contributed by atoms with Gasteiger partial charge in [-0.15, -0.1) is 0 Å². The Morgan fingerprint density at radius 2 is 1.85 bits per heavy atom. The number of rotatable bonds is 2. The average Bonchev–Trinajstić information content (AvgIpc) is 3.21. The van der Waals surface area contributed by atoms with Crippen LogP contribution in [-0.4, -0.2) is 9.55 Å². The molecule has 4 heteroatoms. The van der Waals surface area contributed by atoms with E-state index in [-0.39, 0.29) is 0 Å². The van der Waals surface area contributed by atoms with Crippen molar-refractivity contribution < 1.29 is 0 Å². The van der Waals surface area contributed by atoms with Crippen molar-refractivity contribution in [1.82, 2.24) is 9.55 Å². The molecule has 1 heterocycles. The standard InChI is InChI=1S/C16H14BrN3/c17-11-3-6-13(7-4-11)20-15-8-5-12(18)9-14(15)19-16(20)10-1-2-10/h3-10H,1-2,18H2. The van der Waals surface area contributed by atoms with Gasteiger partial charge in [0.2, 0.25) is 0 Å². The third kappa shape index (κ3) is 1.91. The fraction of sp³-hybridized carbons (Fsp3) is 0.188.